The number of piperidine rings is 1. The van der Waals surface area contributed by atoms with Crippen molar-refractivity contribution in [1.82, 2.24) is 9.80 Å². The first-order chi connectivity index (χ1) is 8.40. The summed E-state index contributed by atoms with van der Waals surface area (Å²) in [6.07, 6.45) is 8.97. The first kappa shape index (κ1) is 12.9. The van der Waals surface area contributed by atoms with Crippen molar-refractivity contribution in [1.29, 1.82) is 5.26 Å². The van der Waals surface area contributed by atoms with E-state index in [1.165, 1.54) is 64.7 Å². The van der Waals surface area contributed by atoms with Gasteiger partial charge in [-0.15, -0.1) is 0 Å². The van der Waals surface area contributed by atoms with Crippen molar-refractivity contribution in [2.24, 2.45) is 0 Å². The van der Waals surface area contributed by atoms with Crippen LogP contribution in [0.5, 0.6) is 0 Å². The van der Waals surface area contributed by atoms with Gasteiger partial charge in [0.15, 0.2) is 0 Å². The molecule has 2 heterocycles. The molecule has 0 saturated carbocycles. The van der Waals surface area contributed by atoms with E-state index in [2.05, 4.69) is 15.9 Å². The van der Waals surface area contributed by atoms with Crippen LogP contribution < -0.4 is 0 Å². The molecule has 96 valence electrons. The molecular formula is C14H25N3. The Labute approximate surface area is 105 Å². The van der Waals surface area contributed by atoms with Crippen molar-refractivity contribution in [2.45, 2.75) is 51.0 Å². The van der Waals surface area contributed by atoms with Gasteiger partial charge in [-0.2, -0.15) is 5.26 Å². The molecule has 0 amide bonds. The molecule has 2 saturated heterocycles. The summed E-state index contributed by atoms with van der Waals surface area (Å²) in [4.78, 5) is 5.20. The van der Waals surface area contributed by atoms with Crippen molar-refractivity contribution in [3.63, 3.8) is 0 Å². The van der Waals surface area contributed by atoms with Crippen molar-refractivity contribution < 1.29 is 0 Å². The summed E-state index contributed by atoms with van der Waals surface area (Å²) in [5, 5.41) is 8.66. The topological polar surface area (TPSA) is 30.3 Å². The van der Waals surface area contributed by atoms with E-state index in [4.69, 9.17) is 5.26 Å². The Kier molecular flexibility index (Phi) is 5.28. The Morgan fingerprint density at radius 2 is 1.76 bits per heavy atom. The average Bonchev–Trinajstić information content (AvgIpc) is 2.65. The molecule has 0 N–H and O–H groups in total. The van der Waals surface area contributed by atoms with Crippen LogP contribution in [0.25, 0.3) is 0 Å². The number of hydrogen-bond donors (Lipinski definition) is 0. The first-order valence-electron chi connectivity index (χ1n) is 7.23. The summed E-state index contributed by atoms with van der Waals surface area (Å²) in [5.74, 6) is 0. The largest absolute Gasteiger partial charge is 0.301 e. The fourth-order valence-corrected chi connectivity index (χ4v) is 3.20. The second-order valence-corrected chi connectivity index (χ2v) is 5.45. The van der Waals surface area contributed by atoms with E-state index < -0.39 is 0 Å². The maximum absolute atomic E-state index is 8.66. The van der Waals surface area contributed by atoms with Crippen LogP contribution in [0.3, 0.4) is 0 Å². The van der Waals surface area contributed by atoms with Gasteiger partial charge >= 0.3 is 0 Å². The van der Waals surface area contributed by atoms with E-state index in [0.717, 1.165) is 12.6 Å². The van der Waals surface area contributed by atoms with E-state index in [0.29, 0.717) is 6.42 Å². The van der Waals surface area contributed by atoms with Crippen molar-refractivity contribution in [3.05, 3.63) is 0 Å². The Morgan fingerprint density at radius 3 is 2.47 bits per heavy atom. The maximum Gasteiger partial charge on any atom is 0.0635 e. The fraction of sp³-hybridized carbons (Fsp3) is 0.929. The molecule has 2 aliphatic rings. The van der Waals surface area contributed by atoms with Crippen LogP contribution in [0, 0.1) is 11.3 Å². The van der Waals surface area contributed by atoms with Gasteiger partial charge < -0.3 is 4.90 Å². The SMILES string of the molecule is N#CCCN1CCCC(N2CCCCCC2)C1. The van der Waals surface area contributed by atoms with E-state index in [1.54, 1.807) is 0 Å². The summed E-state index contributed by atoms with van der Waals surface area (Å²) in [6, 6.07) is 3.03. The van der Waals surface area contributed by atoms with E-state index >= 15 is 0 Å². The zero-order chi connectivity index (χ0) is 11.9. The minimum Gasteiger partial charge on any atom is -0.301 e. The van der Waals surface area contributed by atoms with Crippen LogP contribution >= 0.6 is 0 Å². The average molecular weight is 235 g/mol. The zero-order valence-corrected chi connectivity index (χ0v) is 10.9. The molecule has 0 aromatic carbocycles. The molecular weight excluding hydrogens is 210 g/mol. The van der Waals surface area contributed by atoms with Gasteiger partial charge in [0.25, 0.3) is 0 Å². The standard InChI is InChI=1S/C14H25N3/c15-8-6-10-16-9-5-7-14(13-16)17-11-3-1-2-4-12-17/h14H,1-7,9-13H2. The van der Waals surface area contributed by atoms with Gasteiger partial charge in [-0.05, 0) is 45.3 Å². The quantitative estimate of drug-likeness (QED) is 0.751. The van der Waals surface area contributed by atoms with Crippen molar-refractivity contribution >= 4 is 0 Å². The lowest BCUT2D eigenvalue weighted by molar-refractivity contribution is 0.101. The molecule has 0 radical (unpaired) electrons. The molecule has 0 bridgehead atoms. The summed E-state index contributed by atoms with van der Waals surface area (Å²) in [5.41, 5.74) is 0. The fourth-order valence-electron chi connectivity index (χ4n) is 3.20. The monoisotopic (exact) mass is 235 g/mol. The van der Waals surface area contributed by atoms with Crippen molar-refractivity contribution in [3.8, 4) is 6.07 Å². The zero-order valence-electron chi connectivity index (χ0n) is 10.9. The Balaban J connectivity index is 1.81. The molecule has 17 heavy (non-hydrogen) atoms. The molecule has 1 atom stereocenters. The number of nitriles is 1. The molecule has 0 aromatic heterocycles. The summed E-state index contributed by atoms with van der Waals surface area (Å²) in [6.45, 7) is 5.97. The van der Waals surface area contributed by atoms with Gasteiger partial charge in [0.05, 0.1) is 6.07 Å². The van der Waals surface area contributed by atoms with Gasteiger partial charge in [-0.1, -0.05) is 12.8 Å². The second-order valence-electron chi connectivity index (χ2n) is 5.45. The molecule has 3 heteroatoms. The van der Waals surface area contributed by atoms with Gasteiger partial charge in [0.2, 0.25) is 0 Å². The minimum atomic E-state index is 0.687. The molecule has 2 aliphatic heterocycles. The molecule has 0 spiro atoms. The predicted octanol–water partition coefficient (Wildman–Crippen LogP) is 2.24. The van der Waals surface area contributed by atoms with E-state index in [-0.39, 0.29) is 0 Å². The third-order valence-corrected chi connectivity index (χ3v) is 4.18. The molecule has 0 aliphatic carbocycles. The highest BCUT2D eigenvalue weighted by atomic mass is 15.2. The Morgan fingerprint density at radius 1 is 1.00 bits per heavy atom. The molecule has 3 nitrogen and oxygen atoms in total. The van der Waals surface area contributed by atoms with Crippen LogP contribution in [0.2, 0.25) is 0 Å². The Hall–Kier alpha value is -0.590. The van der Waals surface area contributed by atoms with Gasteiger partial charge in [-0.3, -0.25) is 4.90 Å². The maximum atomic E-state index is 8.66. The summed E-state index contributed by atoms with van der Waals surface area (Å²) >= 11 is 0. The van der Waals surface area contributed by atoms with Gasteiger partial charge in [0.1, 0.15) is 0 Å². The lowest BCUT2D eigenvalue weighted by Gasteiger charge is -2.38. The number of nitrogens with zero attached hydrogens (tertiary/aromatic N) is 3. The third-order valence-electron chi connectivity index (χ3n) is 4.18. The van der Waals surface area contributed by atoms with E-state index in [9.17, 15) is 0 Å². The van der Waals surface area contributed by atoms with Crippen molar-refractivity contribution in [2.75, 3.05) is 32.7 Å². The van der Waals surface area contributed by atoms with Crippen LogP contribution in [0.15, 0.2) is 0 Å². The molecule has 2 fully saturated rings. The Bertz CT molecular complexity index is 251. The number of hydrogen-bond acceptors (Lipinski definition) is 3. The van der Waals surface area contributed by atoms with Crippen LogP contribution in [-0.4, -0.2) is 48.6 Å². The second kappa shape index (κ2) is 6.98. The minimum absolute atomic E-state index is 0.687. The van der Waals surface area contributed by atoms with Crippen LogP contribution in [-0.2, 0) is 0 Å². The first-order valence-corrected chi connectivity index (χ1v) is 7.23. The van der Waals surface area contributed by atoms with E-state index in [1.807, 2.05) is 0 Å². The van der Waals surface area contributed by atoms with Crippen LogP contribution in [0.4, 0.5) is 0 Å². The van der Waals surface area contributed by atoms with Gasteiger partial charge in [0, 0.05) is 25.6 Å². The molecule has 0 aromatic rings. The summed E-state index contributed by atoms with van der Waals surface area (Å²) < 4.78 is 0. The summed E-state index contributed by atoms with van der Waals surface area (Å²) in [7, 11) is 0. The van der Waals surface area contributed by atoms with Crippen LogP contribution in [0.1, 0.15) is 44.9 Å². The smallest absolute Gasteiger partial charge is 0.0635 e. The molecule has 1 unspecified atom stereocenters. The predicted molar refractivity (Wildman–Crippen MR) is 69.7 cm³/mol. The normalized spacial score (nSPS) is 28.5. The number of rotatable bonds is 3. The molecule has 2 rings (SSSR count). The highest BCUT2D eigenvalue weighted by Gasteiger charge is 2.25. The highest BCUT2D eigenvalue weighted by molar-refractivity contribution is 4.83. The van der Waals surface area contributed by atoms with Gasteiger partial charge in [-0.25, -0.2) is 0 Å². The lowest BCUT2D eigenvalue weighted by Crippen LogP contribution is -2.48. The third kappa shape index (κ3) is 3.97. The lowest BCUT2D eigenvalue weighted by atomic mass is 10.0. The highest BCUT2D eigenvalue weighted by Crippen LogP contribution is 2.20. The number of likely N-dealkylation sites (tertiary alicyclic amines) is 2.